The van der Waals surface area contributed by atoms with Crippen LogP contribution in [0.1, 0.15) is 39.7 Å². The standard InChI is InChI=1S/C27H22F4N2O4/c1-26(2)24(36-27(3,4)37-26)25-32-21(23(35-25)16-10-9-15(28)12-19(16)31)14-8-11-20(34)33(13-14)22-17(29)6-5-7-18(22)30/h5-13,24H,1-4H3/t24-/m0/s1. The quantitative estimate of drug-likeness (QED) is 0.298. The van der Waals surface area contributed by atoms with E-state index in [1.165, 1.54) is 24.4 Å². The van der Waals surface area contributed by atoms with Crippen molar-refractivity contribution in [3.05, 3.63) is 94.2 Å². The Labute approximate surface area is 209 Å². The van der Waals surface area contributed by atoms with Gasteiger partial charge in [-0.1, -0.05) is 6.07 Å². The third-order valence-corrected chi connectivity index (χ3v) is 5.95. The Kier molecular flexibility index (Phi) is 5.84. The van der Waals surface area contributed by atoms with Crippen LogP contribution in [0.3, 0.4) is 0 Å². The normalized spacial score (nSPS) is 18.3. The molecule has 0 amide bonds. The Hall–Kier alpha value is -3.76. The van der Waals surface area contributed by atoms with Crippen LogP contribution in [0, 0.1) is 23.3 Å². The second-order valence-corrected chi connectivity index (χ2v) is 9.65. The molecule has 10 heteroatoms. The molecule has 1 atom stereocenters. The van der Waals surface area contributed by atoms with Crippen LogP contribution in [0.5, 0.6) is 0 Å². The molecule has 1 aliphatic rings. The van der Waals surface area contributed by atoms with Gasteiger partial charge in [-0.2, -0.15) is 0 Å². The van der Waals surface area contributed by atoms with Crippen LogP contribution < -0.4 is 5.56 Å². The van der Waals surface area contributed by atoms with E-state index in [2.05, 4.69) is 4.98 Å². The maximum absolute atomic E-state index is 14.9. The molecule has 0 bridgehead atoms. The van der Waals surface area contributed by atoms with E-state index in [1.54, 1.807) is 27.7 Å². The number of halogens is 4. The number of rotatable bonds is 4. The summed E-state index contributed by atoms with van der Waals surface area (Å²) >= 11 is 0. The molecule has 1 saturated heterocycles. The fraction of sp³-hybridized carbons (Fsp3) is 0.259. The summed E-state index contributed by atoms with van der Waals surface area (Å²) in [6, 6.07) is 8.62. The van der Waals surface area contributed by atoms with Gasteiger partial charge in [0.25, 0.3) is 5.56 Å². The van der Waals surface area contributed by atoms with Crippen molar-refractivity contribution in [1.82, 2.24) is 9.55 Å². The number of hydrogen-bond donors (Lipinski definition) is 0. The topological polar surface area (TPSA) is 66.5 Å². The zero-order valence-corrected chi connectivity index (χ0v) is 20.3. The van der Waals surface area contributed by atoms with Crippen molar-refractivity contribution >= 4 is 0 Å². The SMILES string of the molecule is CC1(C)O[C@@H](c2nc(-c3ccc(=O)n(-c4c(F)cccc4F)c3)c(-c3ccc(F)cc3F)o2)C(C)(C)O1. The van der Waals surface area contributed by atoms with Gasteiger partial charge in [-0.25, -0.2) is 22.5 Å². The zero-order chi connectivity index (χ0) is 26.7. The van der Waals surface area contributed by atoms with E-state index in [0.717, 1.165) is 28.8 Å². The number of para-hydroxylation sites is 1. The third-order valence-electron chi connectivity index (χ3n) is 5.95. The Morgan fingerprint density at radius 1 is 0.919 bits per heavy atom. The average Bonchev–Trinajstić information content (AvgIpc) is 3.31. The first kappa shape index (κ1) is 24.9. The maximum Gasteiger partial charge on any atom is 0.255 e. The molecular formula is C27H22F4N2O4. The van der Waals surface area contributed by atoms with Gasteiger partial charge in [0, 0.05) is 23.9 Å². The molecule has 0 spiro atoms. The highest BCUT2D eigenvalue weighted by Gasteiger charge is 2.50. The Morgan fingerprint density at radius 3 is 2.24 bits per heavy atom. The molecule has 2 aromatic heterocycles. The molecule has 0 N–H and O–H groups in total. The highest BCUT2D eigenvalue weighted by molar-refractivity contribution is 5.77. The summed E-state index contributed by atoms with van der Waals surface area (Å²) in [6.07, 6.45) is 0.366. The number of hydrogen-bond acceptors (Lipinski definition) is 5. The maximum atomic E-state index is 14.9. The molecule has 0 saturated carbocycles. The second-order valence-electron chi connectivity index (χ2n) is 9.65. The Bertz CT molecular complexity index is 1550. The van der Waals surface area contributed by atoms with Crippen LogP contribution >= 0.6 is 0 Å². The molecule has 3 heterocycles. The van der Waals surface area contributed by atoms with Gasteiger partial charge in [0.1, 0.15) is 40.3 Å². The molecule has 1 fully saturated rings. The first-order valence-corrected chi connectivity index (χ1v) is 11.4. The number of oxazole rings is 1. The van der Waals surface area contributed by atoms with E-state index in [9.17, 15) is 22.4 Å². The van der Waals surface area contributed by atoms with Crippen LogP contribution in [0.2, 0.25) is 0 Å². The van der Waals surface area contributed by atoms with Gasteiger partial charge in [-0.05, 0) is 58.0 Å². The molecule has 192 valence electrons. The van der Waals surface area contributed by atoms with E-state index in [0.29, 0.717) is 6.07 Å². The minimum atomic E-state index is -0.973. The molecule has 1 aliphatic heterocycles. The summed E-state index contributed by atoms with van der Waals surface area (Å²) in [5.74, 6) is -4.63. The summed E-state index contributed by atoms with van der Waals surface area (Å²) in [4.78, 5) is 17.1. The van der Waals surface area contributed by atoms with Crippen LogP contribution in [0.4, 0.5) is 17.6 Å². The molecule has 0 aliphatic carbocycles. The van der Waals surface area contributed by atoms with E-state index in [-0.39, 0.29) is 28.5 Å². The molecule has 5 rings (SSSR count). The Balaban J connectivity index is 1.73. The van der Waals surface area contributed by atoms with E-state index in [4.69, 9.17) is 13.9 Å². The lowest BCUT2D eigenvalue weighted by molar-refractivity contribution is -0.158. The first-order valence-electron chi connectivity index (χ1n) is 11.4. The molecular weight excluding hydrogens is 492 g/mol. The van der Waals surface area contributed by atoms with Crippen molar-refractivity contribution in [2.24, 2.45) is 0 Å². The minimum Gasteiger partial charge on any atom is -0.437 e. The van der Waals surface area contributed by atoms with Gasteiger partial charge in [0.2, 0.25) is 5.89 Å². The summed E-state index contributed by atoms with van der Waals surface area (Å²) < 4.78 is 76.3. The van der Waals surface area contributed by atoms with Crippen molar-refractivity contribution in [3.8, 4) is 28.3 Å². The summed E-state index contributed by atoms with van der Waals surface area (Å²) in [5, 5.41) is 0. The summed E-state index contributed by atoms with van der Waals surface area (Å²) in [6.45, 7) is 6.99. The molecule has 2 aromatic carbocycles. The van der Waals surface area contributed by atoms with Gasteiger partial charge in [-0.15, -0.1) is 0 Å². The first-order chi connectivity index (χ1) is 17.4. The van der Waals surface area contributed by atoms with Crippen LogP contribution in [0.25, 0.3) is 28.3 Å². The lowest BCUT2D eigenvalue weighted by atomic mass is 10.0. The van der Waals surface area contributed by atoms with Crippen LogP contribution in [-0.2, 0) is 9.47 Å². The summed E-state index contributed by atoms with van der Waals surface area (Å²) in [5.41, 5.74) is -2.05. The highest BCUT2D eigenvalue weighted by atomic mass is 19.1. The number of nitrogens with zero attached hydrogens (tertiary/aromatic N) is 2. The van der Waals surface area contributed by atoms with Crippen molar-refractivity contribution in [1.29, 1.82) is 0 Å². The molecule has 37 heavy (non-hydrogen) atoms. The van der Waals surface area contributed by atoms with Crippen molar-refractivity contribution < 1.29 is 31.5 Å². The van der Waals surface area contributed by atoms with Crippen molar-refractivity contribution in [3.63, 3.8) is 0 Å². The predicted octanol–water partition coefficient (Wildman–Crippen LogP) is 6.32. The monoisotopic (exact) mass is 514 g/mol. The summed E-state index contributed by atoms with van der Waals surface area (Å²) in [7, 11) is 0. The zero-order valence-electron chi connectivity index (χ0n) is 20.3. The van der Waals surface area contributed by atoms with Gasteiger partial charge in [-0.3, -0.25) is 9.36 Å². The molecule has 4 aromatic rings. The van der Waals surface area contributed by atoms with Gasteiger partial charge in [0.15, 0.2) is 17.7 Å². The van der Waals surface area contributed by atoms with Gasteiger partial charge >= 0.3 is 0 Å². The van der Waals surface area contributed by atoms with Crippen molar-refractivity contribution in [2.45, 2.75) is 45.2 Å². The fourth-order valence-electron chi connectivity index (χ4n) is 4.51. The number of pyridine rings is 1. The molecule has 6 nitrogen and oxygen atoms in total. The molecule has 0 unspecified atom stereocenters. The smallest absolute Gasteiger partial charge is 0.255 e. The van der Waals surface area contributed by atoms with E-state index in [1.807, 2.05) is 0 Å². The molecule has 0 radical (unpaired) electrons. The largest absolute Gasteiger partial charge is 0.437 e. The second kappa shape index (κ2) is 8.67. The van der Waals surface area contributed by atoms with Gasteiger partial charge < -0.3 is 13.9 Å². The number of ether oxygens (including phenoxy) is 2. The van der Waals surface area contributed by atoms with Crippen LogP contribution in [0.15, 0.2) is 63.9 Å². The van der Waals surface area contributed by atoms with Crippen LogP contribution in [-0.4, -0.2) is 20.9 Å². The van der Waals surface area contributed by atoms with Crippen molar-refractivity contribution in [2.75, 3.05) is 0 Å². The highest BCUT2D eigenvalue weighted by Crippen LogP contribution is 2.47. The van der Waals surface area contributed by atoms with E-state index < -0.39 is 52.0 Å². The third kappa shape index (κ3) is 4.47. The van der Waals surface area contributed by atoms with E-state index >= 15 is 0 Å². The lowest BCUT2D eigenvalue weighted by Crippen LogP contribution is -2.28. The average molecular weight is 514 g/mol. The fourth-order valence-corrected chi connectivity index (χ4v) is 4.51. The lowest BCUT2D eigenvalue weighted by Gasteiger charge is -2.22. The Morgan fingerprint density at radius 2 is 1.62 bits per heavy atom. The number of benzene rings is 2. The predicted molar refractivity (Wildman–Crippen MR) is 126 cm³/mol. The van der Waals surface area contributed by atoms with Gasteiger partial charge in [0.05, 0.1) is 5.56 Å². The minimum absolute atomic E-state index is 0.0409. The number of aromatic nitrogens is 2.